The van der Waals surface area contributed by atoms with Gasteiger partial charge in [0.25, 0.3) is 0 Å². The maximum atomic E-state index is 10.4. The van der Waals surface area contributed by atoms with Crippen molar-refractivity contribution in [1.29, 1.82) is 0 Å². The average Bonchev–Trinajstić information content (AvgIpc) is 2.44. The smallest absolute Gasteiger partial charge is 0.168 e. The van der Waals surface area contributed by atoms with Crippen molar-refractivity contribution in [2.45, 2.75) is 77.0 Å². The number of aliphatic hydroxyl groups is 1. The lowest BCUT2D eigenvalue weighted by Crippen LogP contribution is -2.49. The molecule has 1 aliphatic rings. The number of hydrogen-bond donors (Lipinski definition) is 1. The molecule has 118 valence electrons. The molecule has 0 radical (unpaired) electrons. The number of aliphatic hydroxyl groups excluding tert-OH is 1. The SMILES string of the molecule is CCCC/C(C)=C/[C@H](O)[C@@H]1C[C@H](OC)C[C@@](C)(OC)O1. The Morgan fingerprint density at radius 1 is 1.50 bits per heavy atom. The normalized spacial score (nSPS) is 33.2. The van der Waals surface area contributed by atoms with Gasteiger partial charge in [0.1, 0.15) is 0 Å². The lowest BCUT2D eigenvalue weighted by atomic mass is 9.94. The zero-order chi connectivity index (χ0) is 15.2. The highest BCUT2D eigenvalue weighted by molar-refractivity contribution is 5.05. The zero-order valence-corrected chi connectivity index (χ0v) is 13.5. The third-order valence-corrected chi connectivity index (χ3v) is 4.02. The number of methoxy groups -OCH3 is 2. The maximum absolute atomic E-state index is 10.4. The van der Waals surface area contributed by atoms with Crippen LogP contribution in [0.1, 0.15) is 52.9 Å². The first-order valence-corrected chi connectivity index (χ1v) is 7.55. The van der Waals surface area contributed by atoms with E-state index >= 15 is 0 Å². The minimum Gasteiger partial charge on any atom is -0.386 e. The van der Waals surface area contributed by atoms with E-state index in [1.54, 1.807) is 14.2 Å². The third kappa shape index (κ3) is 5.17. The van der Waals surface area contributed by atoms with E-state index in [0.29, 0.717) is 12.8 Å². The predicted molar refractivity (Wildman–Crippen MR) is 79.6 cm³/mol. The molecule has 4 nitrogen and oxygen atoms in total. The van der Waals surface area contributed by atoms with E-state index in [0.717, 1.165) is 19.3 Å². The number of rotatable bonds is 7. The second-order valence-electron chi connectivity index (χ2n) is 5.90. The first kappa shape index (κ1) is 17.6. The molecule has 1 aliphatic heterocycles. The van der Waals surface area contributed by atoms with Crippen molar-refractivity contribution in [2.75, 3.05) is 14.2 Å². The van der Waals surface area contributed by atoms with Gasteiger partial charge in [-0.2, -0.15) is 0 Å². The van der Waals surface area contributed by atoms with Gasteiger partial charge in [0.2, 0.25) is 0 Å². The van der Waals surface area contributed by atoms with Crippen molar-refractivity contribution < 1.29 is 19.3 Å². The van der Waals surface area contributed by atoms with Crippen LogP contribution in [0.15, 0.2) is 11.6 Å². The molecule has 20 heavy (non-hydrogen) atoms. The van der Waals surface area contributed by atoms with Gasteiger partial charge < -0.3 is 19.3 Å². The minimum atomic E-state index is -0.685. The van der Waals surface area contributed by atoms with Crippen molar-refractivity contribution >= 4 is 0 Å². The van der Waals surface area contributed by atoms with Crippen LogP contribution in [0, 0.1) is 0 Å². The quantitative estimate of drug-likeness (QED) is 0.731. The number of allylic oxidation sites excluding steroid dienone is 1. The summed E-state index contributed by atoms with van der Waals surface area (Å²) in [6.07, 6.45) is 5.78. The van der Waals surface area contributed by atoms with Crippen LogP contribution in [0.3, 0.4) is 0 Å². The Morgan fingerprint density at radius 3 is 2.75 bits per heavy atom. The Labute approximate surface area is 123 Å². The lowest BCUT2D eigenvalue weighted by molar-refractivity contribution is -0.287. The van der Waals surface area contributed by atoms with Crippen LogP contribution >= 0.6 is 0 Å². The summed E-state index contributed by atoms with van der Waals surface area (Å²) >= 11 is 0. The van der Waals surface area contributed by atoms with Gasteiger partial charge in [0.05, 0.1) is 18.3 Å². The molecule has 0 amide bonds. The largest absolute Gasteiger partial charge is 0.386 e. The molecule has 0 bridgehead atoms. The van der Waals surface area contributed by atoms with Gasteiger partial charge in [-0.05, 0) is 26.7 Å². The topological polar surface area (TPSA) is 47.9 Å². The molecular formula is C16H30O4. The van der Waals surface area contributed by atoms with E-state index < -0.39 is 11.9 Å². The summed E-state index contributed by atoms with van der Waals surface area (Å²) in [4.78, 5) is 0. The fourth-order valence-corrected chi connectivity index (χ4v) is 2.63. The monoisotopic (exact) mass is 286 g/mol. The second kappa shape index (κ2) is 8.13. The van der Waals surface area contributed by atoms with Crippen LogP contribution in [0.4, 0.5) is 0 Å². The van der Waals surface area contributed by atoms with Crippen LogP contribution in [-0.2, 0) is 14.2 Å². The molecule has 0 spiro atoms. The molecule has 0 saturated carbocycles. The highest BCUT2D eigenvalue weighted by atomic mass is 16.7. The molecule has 4 atom stereocenters. The van der Waals surface area contributed by atoms with Crippen LogP contribution < -0.4 is 0 Å². The van der Waals surface area contributed by atoms with E-state index in [1.807, 2.05) is 13.0 Å². The Morgan fingerprint density at radius 2 is 2.20 bits per heavy atom. The van der Waals surface area contributed by atoms with E-state index in [9.17, 15) is 5.11 Å². The average molecular weight is 286 g/mol. The van der Waals surface area contributed by atoms with Gasteiger partial charge in [0, 0.05) is 27.1 Å². The summed E-state index contributed by atoms with van der Waals surface area (Å²) in [5.74, 6) is -0.685. The standard InChI is InChI=1S/C16H30O4/c1-6-7-8-12(2)9-14(17)15-10-13(18-4)11-16(3,19-5)20-15/h9,13-15,17H,6-8,10-11H2,1-5H3/b12-9+/t13-,14-,15-,16-/m0/s1. The molecule has 0 unspecified atom stereocenters. The Balaban J connectivity index is 2.68. The van der Waals surface area contributed by atoms with Crippen molar-refractivity contribution in [3.05, 3.63) is 11.6 Å². The minimum absolute atomic E-state index is 0.0534. The summed E-state index contributed by atoms with van der Waals surface area (Å²) in [5, 5.41) is 10.4. The lowest BCUT2D eigenvalue weighted by Gasteiger charge is -2.42. The summed E-state index contributed by atoms with van der Waals surface area (Å²) in [6.45, 7) is 6.12. The molecule has 0 aromatic carbocycles. The maximum Gasteiger partial charge on any atom is 0.168 e. The molecule has 1 saturated heterocycles. The van der Waals surface area contributed by atoms with Gasteiger partial charge in [-0.1, -0.05) is 25.0 Å². The Hall–Kier alpha value is -0.420. The first-order valence-electron chi connectivity index (χ1n) is 7.55. The summed E-state index contributed by atoms with van der Waals surface area (Å²) < 4.78 is 16.8. The van der Waals surface area contributed by atoms with Crippen molar-refractivity contribution in [1.82, 2.24) is 0 Å². The van der Waals surface area contributed by atoms with E-state index in [2.05, 4.69) is 13.8 Å². The number of unbranched alkanes of at least 4 members (excludes halogenated alkanes) is 1. The van der Waals surface area contributed by atoms with E-state index in [-0.39, 0.29) is 12.2 Å². The Kier molecular flexibility index (Phi) is 7.17. The fourth-order valence-electron chi connectivity index (χ4n) is 2.63. The van der Waals surface area contributed by atoms with Crippen molar-refractivity contribution in [3.63, 3.8) is 0 Å². The van der Waals surface area contributed by atoms with E-state index in [4.69, 9.17) is 14.2 Å². The first-order chi connectivity index (χ1) is 9.44. The highest BCUT2D eigenvalue weighted by Gasteiger charge is 2.40. The van der Waals surface area contributed by atoms with Crippen LogP contribution in [0.2, 0.25) is 0 Å². The van der Waals surface area contributed by atoms with Gasteiger partial charge >= 0.3 is 0 Å². The van der Waals surface area contributed by atoms with Crippen LogP contribution in [0.25, 0.3) is 0 Å². The van der Waals surface area contributed by atoms with Crippen molar-refractivity contribution in [3.8, 4) is 0 Å². The number of ether oxygens (including phenoxy) is 3. The fraction of sp³-hybridized carbons (Fsp3) is 0.875. The summed E-state index contributed by atoms with van der Waals surface area (Å²) in [5.41, 5.74) is 1.21. The van der Waals surface area contributed by atoms with Crippen molar-refractivity contribution in [2.24, 2.45) is 0 Å². The Bertz CT molecular complexity index is 316. The molecule has 1 heterocycles. The van der Waals surface area contributed by atoms with Gasteiger partial charge in [-0.15, -0.1) is 0 Å². The highest BCUT2D eigenvalue weighted by Crippen LogP contribution is 2.32. The second-order valence-corrected chi connectivity index (χ2v) is 5.90. The third-order valence-electron chi connectivity index (χ3n) is 4.02. The summed E-state index contributed by atoms with van der Waals surface area (Å²) in [6, 6.07) is 0. The summed E-state index contributed by atoms with van der Waals surface area (Å²) in [7, 11) is 3.32. The molecule has 4 heteroatoms. The molecular weight excluding hydrogens is 256 g/mol. The molecule has 0 aliphatic carbocycles. The number of hydrogen-bond acceptors (Lipinski definition) is 4. The molecule has 1 fully saturated rings. The molecule has 0 aromatic rings. The zero-order valence-electron chi connectivity index (χ0n) is 13.5. The van der Waals surface area contributed by atoms with E-state index in [1.165, 1.54) is 5.57 Å². The van der Waals surface area contributed by atoms with Gasteiger partial charge in [0.15, 0.2) is 5.79 Å². The van der Waals surface area contributed by atoms with Crippen LogP contribution in [0.5, 0.6) is 0 Å². The molecule has 1 rings (SSSR count). The molecule has 0 aromatic heterocycles. The van der Waals surface area contributed by atoms with Crippen LogP contribution in [-0.4, -0.2) is 43.4 Å². The van der Waals surface area contributed by atoms with Gasteiger partial charge in [-0.25, -0.2) is 0 Å². The predicted octanol–water partition coefficient (Wildman–Crippen LogP) is 3.04. The van der Waals surface area contributed by atoms with Gasteiger partial charge in [-0.3, -0.25) is 0 Å². The molecule has 1 N–H and O–H groups in total.